The van der Waals surface area contributed by atoms with E-state index in [1.54, 1.807) is 0 Å². The standard InChI is InChI=1S/C13H21N3OS/c17-6-5-16-13-3-1-2-12(11(13)8-14-16)15-10-4-7-18-9-10/h8,10,12,15,17H,1-7,9H2. The molecule has 0 radical (unpaired) electrons. The van der Waals surface area contributed by atoms with Crippen LogP contribution in [0.4, 0.5) is 0 Å². The summed E-state index contributed by atoms with van der Waals surface area (Å²) in [5.74, 6) is 2.54. The SMILES string of the molecule is OCCn1ncc2c1CCCC2NC1CCSC1. The lowest BCUT2D eigenvalue weighted by molar-refractivity contribution is 0.266. The lowest BCUT2D eigenvalue weighted by atomic mass is 9.92. The average Bonchev–Trinajstić information content (AvgIpc) is 3.01. The van der Waals surface area contributed by atoms with Crippen molar-refractivity contribution in [1.82, 2.24) is 15.1 Å². The summed E-state index contributed by atoms with van der Waals surface area (Å²) < 4.78 is 1.98. The van der Waals surface area contributed by atoms with Gasteiger partial charge in [-0.05, 0) is 31.4 Å². The van der Waals surface area contributed by atoms with Crippen molar-refractivity contribution in [2.75, 3.05) is 18.1 Å². The Labute approximate surface area is 112 Å². The molecule has 2 atom stereocenters. The highest BCUT2D eigenvalue weighted by Crippen LogP contribution is 2.31. The molecule has 1 aliphatic heterocycles. The van der Waals surface area contributed by atoms with E-state index in [0.29, 0.717) is 18.6 Å². The number of thioether (sulfide) groups is 1. The monoisotopic (exact) mass is 267 g/mol. The van der Waals surface area contributed by atoms with Gasteiger partial charge in [0, 0.05) is 29.1 Å². The number of fused-ring (bicyclic) bond motifs is 1. The third-order valence-electron chi connectivity index (χ3n) is 3.94. The molecule has 2 N–H and O–H groups in total. The Morgan fingerprint density at radius 2 is 2.44 bits per heavy atom. The molecular formula is C13H21N3OS. The molecule has 4 nitrogen and oxygen atoms in total. The number of nitrogens with one attached hydrogen (secondary N) is 1. The molecule has 0 bridgehead atoms. The van der Waals surface area contributed by atoms with Gasteiger partial charge in [-0.25, -0.2) is 0 Å². The number of hydrogen-bond acceptors (Lipinski definition) is 4. The molecule has 1 fully saturated rings. The van der Waals surface area contributed by atoms with Crippen LogP contribution >= 0.6 is 11.8 Å². The number of nitrogens with zero attached hydrogens (tertiary/aromatic N) is 2. The van der Waals surface area contributed by atoms with E-state index < -0.39 is 0 Å². The fourth-order valence-electron chi connectivity index (χ4n) is 3.03. The molecule has 0 spiro atoms. The number of aromatic nitrogens is 2. The van der Waals surface area contributed by atoms with Crippen LogP contribution in [0.2, 0.25) is 0 Å². The second-order valence-corrected chi connectivity index (χ2v) is 6.32. The van der Waals surface area contributed by atoms with Crippen LogP contribution in [0.3, 0.4) is 0 Å². The van der Waals surface area contributed by atoms with Crippen LogP contribution in [0, 0.1) is 0 Å². The minimum absolute atomic E-state index is 0.172. The first-order valence-electron chi connectivity index (χ1n) is 6.87. The van der Waals surface area contributed by atoms with E-state index in [9.17, 15) is 0 Å². The highest BCUT2D eigenvalue weighted by Gasteiger charge is 2.27. The van der Waals surface area contributed by atoms with Gasteiger partial charge in [0.25, 0.3) is 0 Å². The third kappa shape index (κ3) is 2.44. The molecular weight excluding hydrogens is 246 g/mol. The van der Waals surface area contributed by atoms with Crippen molar-refractivity contribution in [1.29, 1.82) is 0 Å². The molecule has 5 heteroatoms. The molecule has 1 saturated heterocycles. The highest BCUT2D eigenvalue weighted by molar-refractivity contribution is 7.99. The highest BCUT2D eigenvalue weighted by atomic mass is 32.2. The van der Waals surface area contributed by atoms with Gasteiger partial charge in [-0.3, -0.25) is 4.68 Å². The largest absolute Gasteiger partial charge is 0.394 e. The van der Waals surface area contributed by atoms with Crippen LogP contribution < -0.4 is 5.32 Å². The van der Waals surface area contributed by atoms with Gasteiger partial charge >= 0.3 is 0 Å². The van der Waals surface area contributed by atoms with E-state index >= 15 is 0 Å². The van der Waals surface area contributed by atoms with Crippen LogP contribution in [0.25, 0.3) is 0 Å². The molecule has 3 rings (SSSR count). The van der Waals surface area contributed by atoms with Crippen molar-refractivity contribution in [3.05, 3.63) is 17.5 Å². The first-order valence-corrected chi connectivity index (χ1v) is 8.03. The Kier molecular flexibility index (Phi) is 3.91. The van der Waals surface area contributed by atoms with Gasteiger partial charge in [0.1, 0.15) is 0 Å². The Bertz CT molecular complexity index is 401. The van der Waals surface area contributed by atoms with Crippen molar-refractivity contribution < 1.29 is 5.11 Å². The molecule has 2 heterocycles. The van der Waals surface area contributed by atoms with Crippen molar-refractivity contribution in [2.45, 2.75) is 44.3 Å². The Hall–Kier alpha value is -0.520. The zero-order chi connectivity index (χ0) is 12.4. The summed E-state index contributed by atoms with van der Waals surface area (Å²) in [5.41, 5.74) is 2.70. The molecule has 1 aliphatic carbocycles. The summed E-state index contributed by atoms with van der Waals surface area (Å²) in [7, 11) is 0. The predicted octanol–water partition coefficient (Wildman–Crippen LogP) is 1.35. The first kappa shape index (κ1) is 12.5. The molecule has 0 aromatic carbocycles. The molecule has 18 heavy (non-hydrogen) atoms. The normalized spacial score (nSPS) is 27.4. The quantitative estimate of drug-likeness (QED) is 0.864. The van der Waals surface area contributed by atoms with E-state index in [4.69, 9.17) is 5.11 Å². The van der Waals surface area contributed by atoms with Gasteiger partial charge in [-0.15, -0.1) is 0 Å². The van der Waals surface area contributed by atoms with E-state index in [1.165, 1.54) is 42.0 Å². The minimum Gasteiger partial charge on any atom is -0.394 e. The fourth-order valence-corrected chi connectivity index (χ4v) is 4.20. The van der Waals surface area contributed by atoms with Crippen LogP contribution in [0.1, 0.15) is 36.6 Å². The van der Waals surface area contributed by atoms with Gasteiger partial charge in [0.15, 0.2) is 0 Å². The van der Waals surface area contributed by atoms with Crippen molar-refractivity contribution in [2.24, 2.45) is 0 Å². The Morgan fingerprint density at radius 3 is 3.22 bits per heavy atom. The number of rotatable bonds is 4. The molecule has 2 unspecified atom stereocenters. The maximum atomic E-state index is 9.06. The molecule has 0 amide bonds. The molecule has 2 aliphatic rings. The summed E-state index contributed by atoms with van der Waals surface area (Å²) in [5, 5.41) is 17.3. The predicted molar refractivity (Wildman–Crippen MR) is 73.9 cm³/mol. The number of hydrogen-bond donors (Lipinski definition) is 2. The summed E-state index contributed by atoms with van der Waals surface area (Å²) in [6, 6.07) is 1.15. The summed E-state index contributed by atoms with van der Waals surface area (Å²) >= 11 is 2.05. The van der Waals surface area contributed by atoms with Gasteiger partial charge in [-0.1, -0.05) is 0 Å². The number of aliphatic hydroxyl groups is 1. The second kappa shape index (κ2) is 5.63. The van der Waals surface area contributed by atoms with Crippen LogP contribution in [0.15, 0.2) is 6.20 Å². The zero-order valence-electron chi connectivity index (χ0n) is 10.6. The van der Waals surface area contributed by atoms with E-state index in [0.717, 1.165) is 6.42 Å². The van der Waals surface area contributed by atoms with E-state index in [2.05, 4.69) is 10.4 Å². The molecule has 1 aromatic heterocycles. The summed E-state index contributed by atoms with van der Waals surface area (Å²) in [4.78, 5) is 0. The van der Waals surface area contributed by atoms with Gasteiger partial charge in [0.05, 0.1) is 19.3 Å². The summed E-state index contributed by atoms with van der Waals surface area (Å²) in [6.07, 6.45) is 6.85. The summed E-state index contributed by atoms with van der Waals surface area (Å²) in [6.45, 7) is 0.798. The first-order chi connectivity index (χ1) is 8.88. The second-order valence-electron chi connectivity index (χ2n) is 5.17. The molecule has 1 aromatic rings. The smallest absolute Gasteiger partial charge is 0.0644 e. The Balaban J connectivity index is 1.74. The third-order valence-corrected chi connectivity index (χ3v) is 5.10. The fraction of sp³-hybridized carbons (Fsp3) is 0.769. The topological polar surface area (TPSA) is 50.1 Å². The van der Waals surface area contributed by atoms with Crippen molar-refractivity contribution in [3.8, 4) is 0 Å². The Morgan fingerprint density at radius 1 is 1.50 bits per heavy atom. The van der Waals surface area contributed by atoms with Crippen molar-refractivity contribution >= 4 is 11.8 Å². The average molecular weight is 267 g/mol. The van der Waals surface area contributed by atoms with Crippen molar-refractivity contribution in [3.63, 3.8) is 0 Å². The lowest BCUT2D eigenvalue weighted by Gasteiger charge is -2.27. The van der Waals surface area contributed by atoms with Crippen LogP contribution in [-0.4, -0.2) is 39.0 Å². The minimum atomic E-state index is 0.172. The maximum absolute atomic E-state index is 9.06. The van der Waals surface area contributed by atoms with Crippen LogP contribution in [0.5, 0.6) is 0 Å². The van der Waals surface area contributed by atoms with Gasteiger partial charge < -0.3 is 10.4 Å². The number of aliphatic hydroxyl groups excluding tert-OH is 1. The maximum Gasteiger partial charge on any atom is 0.0644 e. The van der Waals surface area contributed by atoms with Gasteiger partial charge in [-0.2, -0.15) is 16.9 Å². The zero-order valence-corrected chi connectivity index (χ0v) is 11.5. The lowest BCUT2D eigenvalue weighted by Crippen LogP contribution is -2.34. The van der Waals surface area contributed by atoms with Crippen LogP contribution in [-0.2, 0) is 13.0 Å². The van der Waals surface area contributed by atoms with Gasteiger partial charge in [0.2, 0.25) is 0 Å². The molecule has 100 valence electrons. The van der Waals surface area contributed by atoms with E-state index in [-0.39, 0.29) is 6.61 Å². The van der Waals surface area contributed by atoms with E-state index in [1.807, 2.05) is 22.6 Å². The molecule has 0 saturated carbocycles.